The molecule has 14 heavy (non-hydrogen) atoms. The number of carbonyl (C=O) groups is 1. The van der Waals surface area contributed by atoms with Crippen LogP contribution >= 0.6 is 0 Å². The molecule has 1 aromatic carbocycles. The summed E-state index contributed by atoms with van der Waals surface area (Å²) in [7, 11) is 1.41. The lowest BCUT2D eigenvalue weighted by molar-refractivity contribution is -0.136. The molecule has 1 aliphatic rings. The number of carbonyl (C=O) groups excluding carboxylic acids is 1. The lowest BCUT2D eigenvalue weighted by atomic mass is 10.1. The van der Waals surface area contributed by atoms with Gasteiger partial charge in [-0.15, -0.1) is 0 Å². The highest BCUT2D eigenvalue weighted by Crippen LogP contribution is 2.26. The average molecular weight is 188 g/mol. The summed E-state index contributed by atoms with van der Waals surface area (Å²) < 4.78 is 4.69. The number of benzene rings is 1. The van der Waals surface area contributed by atoms with Crippen LogP contribution in [0.5, 0.6) is 0 Å². The van der Waals surface area contributed by atoms with E-state index in [1.165, 1.54) is 18.2 Å². The fourth-order valence-electron chi connectivity index (χ4n) is 1.72. The van der Waals surface area contributed by atoms with E-state index in [1.54, 1.807) is 0 Å². The largest absolute Gasteiger partial charge is 0.466 e. The number of fused-ring (bicyclic) bond motifs is 1. The van der Waals surface area contributed by atoms with E-state index in [-0.39, 0.29) is 5.97 Å². The minimum Gasteiger partial charge on any atom is -0.466 e. The second-order valence-corrected chi connectivity index (χ2v) is 3.54. The van der Waals surface area contributed by atoms with E-state index in [2.05, 4.69) is 22.9 Å². The van der Waals surface area contributed by atoms with Gasteiger partial charge in [-0.3, -0.25) is 0 Å². The first kappa shape index (κ1) is 9.00. The van der Waals surface area contributed by atoms with E-state index in [4.69, 9.17) is 0 Å². The predicted octanol–water partition coefficient (Wildman–Crippen LogP) is 2.11. The number of ether oxygens (including phenoxy) is 1. The maximum atomic E-state index is 11.3. The van der Waals surface area contributed by atoms with Crippen molar-refractivity contribution in [1.82, 2.24) is 0 Å². The highest BCUT2D eigenvalue weighted by molar-refractivity contribution is 5.96. The van der Waals surface area contributed by atoms with Crippen molar-refractivity contribution in [2.45, 2.75) is 13.3 Å². The molecule has 0 N–H and O–H groups in total. The first-order valence-electron chi connectivity index (χ1n) is 4.59. The topological polar surface area (TPSA) is 26.3 Å². The average Bonchev–Trinajstić information content (AvgIpc) is 2.59. The molecule has 0 fully saturated rings. The van der Waals surface area contributed by atoms with Crippen molar-refractivity contribution < 1.29 is 9.53 Å². The van der Waals surface area contributed by atoms with Crippen LogP contribution < -0.4 is 0 Å². The molecule has 0 radical (unpaired) electrons. The molecule has 2 heteroatoms. The SMILES string of the molecule is COC(=O)C1=Cc2cc(C)ccc2C1. The standard InChI is InChI=1S/C12H12O2/c1-8-3-4-9-6-11(12(13)14-2)7-10(9)5-8/h3-5,7H,6H2,1-2H3. The molecule has 0 saturated heterocycles. The molecular weight excluding hydrogens is 176 g/mol. The van der Waals surface area contributed by atoms with E-state index < -0.39 is 0 Å². The molecule has 0 unspecified atom stereocenters. The van der Waals surface area contributed by atoms with Crippen molar-refractivity contribution >= 4 is 12.0 Å². The smallest absolute Gasteiger partial charge is 0.334 e. The summed E-state index contributed by atoms with van der Waals surface area (Å²) >= 11 is 0. The van der Waals surface area contributed by atoms with Crippen molar-refractivity contribution in [2.75, 3.05) is 7.11 Å². The molecule has 0 bridgehead atoms. The van der Waals surface area contributed by atoms with Gasteiger partial charge >= 0.3 is 5.97 Å². The predicted molar refractivity (Wildman–Crippen MR) is 54.9 cm³/mol. The number of methoxy groups -OCH3 is 1. The molecule has 2 rings (SSSR count). The molecule has 1 aromatic rings. The highest BCUT2D eigenvalue weighted by atomic mass is 16.5. The van der Waals surface area contributed by atoms with Crippen molar-refractivity contribution in [3.05, 3.63) is 40.5 Å². The summed E-state index contributed by atoms with van der Waals surface area (Å²) in [5.74, 6) is -0.223. The Hall–Kier alpha value is -1.57. The normalized spacial score (nSPS) is 13.4. The van der Waals surface area contributed by atoms with Gasteiger partial charge in [-0.05, 0) is 24.1 Å². The first-order chi connectivity index (χ1) is 6.70. The molecule has 0 heterocycles. The molecule has 2 nitrogen and oxygen atoms in total. The Bertz CT molecular complexity index is 416. The summed E-state index contributed by atoms with van der Waals surface area (Å²) in [4.78, 5) is 11.3. The zero-order valence-electron chi connectivity index (χ0n) is 8.33. The Morgan fingerprint density at radius 3 is 2.93 bits per heavy atom. The monoisotopic (exact) mass is 188 g/mol. The van der Waals surface area contributed by atoms with Crippen molar-refractivity contribution in [3.8, 4) is 0 Å². The van der Waals surface area contributed by atoms with Crippen LogP contribution in [0.15, 0.2) is 23.8 Å². The van der Waals surface area contributed by atoms with E-state index in [0.29, 0.717) is 6.42 Å². The van der Waals surface area contributed by atoms with Crippen LogP contribution in [-0.2, 0) is 16.0 Å². The Balaban J connectivity index is 2.34. The van der Waals surface area contributed by atoms with E-state index in [1.807, 2.05) is 13.0 Å². The van der Waals surface area contributed by atoms with Crippen LogP contribution in [0.1, 0.15) is 16.7 Å². The summed E-state index contributed by atoms with van der Waals surface area (Å²) in [5, 5.41) is 0. The first-order valence-corrected chi connectivity index (χ1v) is 4.59. The fourth-order valence-corrected chi connectivity index (χ4v) is 1.72. The summed E-state index contributed by atoms with van der Waals surface area (Å²) in [6.07, 6.45) is 2.61. The van der Waals surface area contributed by atoms with Gasteiger partial charge in [-0.25, -0.2) is 4.79 Å². The van der Waals surface area contributed by atoms with Crippen molar-refractivity contribution in [2.24, 2.45) is 0 Å². The van der Waals surface area contributed by atoms with Gasteiger partial charge in [0.25, 0.3) is 0 Å². The second kappa shape index (κ2) is 3.29. The van der Waals surface area contributed by atoms with Gasteiger partial charge in [0.1, 0.15) is 0 Å². The second-order valence-electron chi connectivity index (χ2n) is 3.54. The van der Waals surface area contributed by atoms with Crippen molar-refractivity contribution in [3.63, 3.8) is 0 Å². The van der Waals surface area contributed by atoms with Gasteiger partial charge in [0.15, 0.2) is 0 Å². The molecule has 0 aliphatic heterocycles. The maximum absolute atomic E-state index is 11.3. The Morgan fingerprint density at radius 2 is 2.21 bits per heavy atom. The summed E-state index contributed by atoms with van der Waals surface area (Å²) in [6.45, 7) is 2.05. The Labute approximate surface area is 83.2 Å². The van der Waals surface area contributed by atoms with Crippen LogP contribution in [-0.4, -0.2) is 13.1 Å². The molecule has 0 aromatic heterocycles. The van der Waals surface area contributed by atoms with Crippen LogP contribution in [0.4, 0.5) is 0 Å². The van der Waals surface area contributed by atoms with Crippen LogP contribution in [0.2, 0.25) is 0 Å². The summed E-state index contributed by atoms with van der Waals surface area (Å²) in [5.41, 5.74) is 4.31. The minimum absolute atomic E-state index is 0.223. The zero-order valence-corrected chi connectivity index (χ0v) is 8.33. The number of esters is 1. The lowest BCUT2D eigenvalue weighted by Crippen LogP contribution is -2.03. The zero-order chi connectivity index (χ0) is 10.1. The van der Waals surface area contributed by atoms with Gasteiger partial charge in [0.2, 0.25) is 0 Å². The van der Waals surface area contributed by atoms with Crippen LogP contribution in [0, 0.1) is 6.92 Å². The molecule has 0 saturated carbocycles. The van der Waals surface area contributed by atoms with Crippen molar-refractivity contribution in [1.29, 1.82) is 0 Å². The van der Waals surface area contributed by atoms with Gasteiger partial charge in [0, 0.05) is 12.0 Å². The quantitative estimate of drug-likeness (QED) is 0.631. The minimum atomic E-state index is -0.223. The van der Waals surface area contributed by atoms with E-state index in [0.717, 1.165) is 11.1 Å². The fraction of sp³-hybridized carbons (Fsp3) is 0.250. The third-order valence-corrected chi connectivity index (χ3v) is 2.46. The molecule has 0 spiro atoms. The van der Waals surface area contributed by atoms with Gasteiger partial charge in [0.05, 0.1) is 7.11 Å². The molecule has 1 aliphatic carbocycles. The van der Waals surface area contributed by atoms with Crippen LogP contribution in [0.3, 0.4) is 0 Å². The molecule has 0 atom stereocenters. The van der Waals surface area contributed by atoms with E-state index >= 15 is 0 Å². The lowest BCUT2D eigenvalue weighted by Gasteiger charge is -1.99. The molecule has 72 valence electrons. The number of hydrogen-bond donors (Lipinski definition) is 0. The van der Waals surface area contributed by atoms with Gasteiger partial charge < -0.3 is 4.74 Å². The maximum Gasteiger partial charge on any atom is 0.334 e. The van der Waals surface area contributed by atoms with E-state index in [9.17, 15) is 4.79 Å². The van der Waals surface area contributed by atoms with Crippen LogP contribution in [0.25, 0.3) is 6.08 Å². The third kappa shape index (κ3) is 1.43. The number of aryl methyl sites for hydroxylation is 1. The molecule has 0 amide bonds. The molecular formula is C12H12O2. The van der Waals surface area contributed by atoms with Gasteiger partial charge in [-0.2, -0.15) is 0 Å². The Kier molecular flexibility index (Phi) is 2.12. The summed E-state index contributed by atoms with van der Waals surface area (Å²) in [6, 6.07) is 6.22. The number of rotatable bonds is 1. The highest BCUT2D eigenvalue weighted by Gasteiger charge is 2.18. The Morgan fingerprint density at radius 1 is 1.43 bits per heavy atom. The van der Waals surface area contributed by atoms with Gasteiger partial charge in [-0.1, -0.05) is 23.8 Å². The third-order valence-electron chi connectivity index (χ3n) is 2.46. The number of hydrogen-bond acceptors (Lipinski definition) is 2.